The van der Waals surface area contributed by atoms with Gasteiger partial charge in [0.15, 0.2) is 0 Å². The van der Waals surface area contributed by atoms with Crippen LogP contribution in [0, 0.1) is 0 Å². The third-order valence-corrected chi connectivity index (χ3v) is 9.26. The van der Waals surface area contributed by atoms with E-state index in [0.717, 1.165) is 63.9 Å². The van der Waals surface area contributed by atoms with E-state index in [4.69, 9.17) is 4.74 Å². The van der Waals surface area contributed by atoms with Crippen molar-refractivity contribution in [2.45, 2.75) is 76.9 Å². The summed E-state index contributed by atoms with van der Waals surface area (Å²) in [4.78, 5) is 30.8. The van der Waals surface area contributed by atoms with Crippen molar-refractivity contribution in [2.75, 3.05) is 32.8 Å². The number of hydrogen-bond donors (Lipinski definition) is 0. The molecule has 1 aliphatic heterocycles. The third-order valence-electron chi connectivity index (χ3n) is 9.26. The molecule has 8 heteroatoms. The number of benzene rings is 3. The Kier molecular flexibility index (Phi) is 11.8. The molecule has 1 saturated heterocycles. The second-order valence-electron chi connectivity index (χ2n) is 11.9. The van der Waals surface area contributed by atoms with E-state index in [-0.39, 0.29) is 23.3 Å². The van der Waals surface area contributed by atoms with Crippen molar-refractivity contribution in [3.63, 3.8) is 0 Å². The number of carbonyl (C=O) groups excluding carboxylic acids is 2. The van der Waals surface area contributed by atoms with Crippen molar-refractivity contribution in [1.29, 1.82) is 0 Å². The molecule has 0 aliphatic carbocycles. The summed E-state index contributed by atoms with van der Waals surface area (Å²) in [5.74, 6) is -0.255. The largest absolute Gasteiger partial charge is 0.466 e. The summed E-state index contributed by atoms with van der Waals surface area (Å²) in [7, 11) is 0. The van der Waals surface area contributed by atoms with Gasteiger partial charge in [-0.1, -0.05) is 67.6 Å². The Morgan fingerprint density at radius 3 is 2.11 bits per heavy atom. The Balaban J connectivity index is 1.38. The zero-order valence-corrected chi connectivity index (χ0v) is 26.6. The van der Waals surface area contributed by atoms with E-state index >= 15 is 0 Å². The number of nitrogens with zero attached hydrogens (tertiary/aromatic N) is 2. The van der Waals surface area contributed by atoms with E-state index < -0.39 is 11.7 Å². The number of alkyl halides is 3. The van der Waals surface area contributed by atoms with Crippen molar-refractivity contribution in [2.24, 2.45) is 0 Å². The Labute approximate surface area is 265 Å². The zero-order chi connectivity index (χ0) is 32.5. The Morgan fingerprint density at radius 2 is 1.51 bits per heavy atom. The molecule has 0 N–H and O–H groups in total. The second kappa shape index (κ2) is 15.6. The minimum Gasteiger partial charge on any atom is -0.466 e. The summed E-state index contributed by atoms with van der Waals surface area (Å²) < 4.78 is 44.7. The predicted octanol–water partition coefficient (Wildman–Crippen LogP) is 8.38. The van der Waals surface area contributed by atoms with Gasteiger partial charge in [-0.2, -0.15) is 13.2 Å². The van der Waals surface area contributed by atoms with Gasteiger partial charge >= 0.3 is 12.1 Å². The summed E-state index contributed by atoms with van der Waals surface area (Å²) in [6.07, 6.45) is 0.330. The van der Waals surface area contributed by atoms with Gasteiger partial charge in [0.05, 0.1) is 18.6 Å². The Bertz CT molecular complexity index is 1390. The predicted molar refractivity (Wildman–Crippen MR) is 172 cm³/mol. The highest BCUT2D eigenvalue weighted by atomic mass is 19.4. The molecule has 4 rings (SSSR count). The topological polar surface area (TPSA) is 49.9 Å². The number of piperidine rings is 1. The van der Waals surface area contributed by atoms with E-state index in [1.165, 1.54) is 17.7 Å². The lowest BCUT2D eigenvalue weighted by Gasteiger charge is -2.39. The first-order valence-corrected chi connectivity index (χ1v) is 16.1. The van der Waals surface area contributed by atoms with Gasteiger partial charge in [0.2, 0.25) is 0 Å². The molecule has 0 radical (unpaired) electrons. The smallest absolute Gasteiger partial charge is 0.416 e. The van der Waals surface area contributed by atoms with E-state index in [9.17, 15) is 22.8 Å². The first-order chi connectivity index (χ1) is 21.6. The maximum atomic E-state index is 13.9. The highest BCUT2D eigenvalue weighted by Crippen LogP contribution is 2.37. The summed E-state index contributed by atoms with van der Waals surface area (Å²) in [5, 5.41) is 0. The molecule has 242 valence electrons. The summed E-state index contributed by atoms with van der Waals surface area (Å²) in [5.41, 5.74) is 1.91. The fraction of sp³-hybridized carbons (Fsp3) is 0.459. The highest BCUT2D eigenvalue weighted by molar-refractivity contribution is 6.01. The molecule has 1 amide bonds. The van der Waals surface area contributed by atoms with Crippen LogP contribution in [0.4, 0.5) is 13.2 Å². The van der Waals surface area contributed by atoms with Gasteiger partial charge in [-0.15, -0.1) is 0 Å². The molecule has 1 atom stereocenters. The fourth-order valence-electron chi connectivity index (χ4n) is 6.70. The third kappa shape index (κ3) is 8.54. The summed E-state index contributed by atoms with van der Waals surface area (Å²) in [6.45, 7) is 9.54. The summed E-state index contributed by atoms with van der Waals surface area (Å²) >= 11 is 0. The molecule has 1 unspecified atom stereocenters. The normalized spacial score (nSPS) is 15.8. The number of halogens is 3. The van der Waals surface area contributed by atoms with Crippen molar-refractivity contribution in [3.05, 3.63) is 95.6 Å². The second-order valence-corrected chi connectivity index (χ2v) is 11.9. The van der Waals surface area contributed by atoms with E-state index in [1.807, 2.05) is 36.9 Å². The molecule has 1 aliphatic rings. The molecule has 0 saturated carbocycles. The van der Waals surface area contributed by atoms with E-state index in [2.05, 4.69) is 24.0 Å². The number of esters is 1. The molecular weight excluding hydrogens is 577 g/mol. The molecule has 45 heavy (non-hydrogen) atoms. The molecule has 3 aromatic carbocycles. The SMILES string of the molecule is CCOC(=O)CC(CC)(CCCN1CCC(N(CC)C(=O)c2ccccc2-c2ccc(C(F)(F)F)cc2)CC1)c1ccccc1. The quantitative estimate of drug-likeness (QED) is 0.180. The lowest BCUT2D eigenvalue weighted by atomic mass is 9.72. The summed E-state index contributed by atoms with van der Waals surface area (Å²) in [6, 6.07) is 22.5. The minimum atomic E-state index is -4.41. The van der Waals surface area contributed by atoms with Crippen LogP contribution in [0.3, 0.4) is 0 Å². The van der Waals surface area contributed by atoms with Crippen LogP contribution < -0.4 is 0 Å². The first-order valence-electron chi connectivity index (χ1n) is 16.1. The number of rotatable bonds is 13. The zero-order valence-electron chi connectivity index (χ0n) is 26.6. The monoisotopic (exact) mass is 622 g/mol. The Morgan fingerprint density at radius 1 is 0.867 bits per heavy atom. The molecule has 1 fully saturated rings. The van der Waals surface area contributed by atoms with E-state index in [1.54, 1.807) is 24.3 Å². The van der Waals surface area contributed by atoms with Crippen LogP contribution in [-0.2, 0) is 21.1 Å². The maximum absolute atomic E-state index is 13.9. The van der Waals surface area contributed by atoms with Crippen LogP contribution in [0.15, 0.2) is 78.9 Å². The van der Waals surface area contributed by atoms with Crippen LogP contribution in [0.25, 0.3) is 11.1 Å². The molecule has 3 aromatic rings. The molecule has 5 nitrogen and oxygen atoms in total. The molecule has 0 bridgehead atoms. The van der Waals surface area contributed by atoms with Gasteiger partial charge in [-0.25, -0.2) is 0 Å². The van der Waals surface area contributed by atoms with E-state index in [0.29, 0.717) is 36.3 Å². The van der Waals surface area contributed by atoms with Crippen LogP contribution in [-0.4, -0.2) is 60.5 Å². The number of amides is 1. The number of carbonyl (C=O) groups is 2. The fourth-order valence-corrected chi connectivity index (χ4v) is 6.70. The average molecular weight is 623 g/mol. The Hall–Kier alpha value is -3.65. The minimum absolute atomic E-state index is 0.0854. The van der Waals surface area contributed by atoms with Crippen LogP contribution in [0.1, 0.15) is 80.8 Å². The molecule has 0 spiro atoms. The lowest BCUT2D eigenvalue weighted by Crippen LogP contribution is -2.47. The maximum Gasteiger partial charge on any atom is 0.416 e. The molecule has 1 heterocycles. The first kappa shape index (κ1) is 34.2. The van der Waals surface area contributed by atoms with Crippen LogP contribution in [0.5, 0.6) is 0 Å². The number of likely N-dealkylation sites (tertiary alicyclic amines) is 1. The molecule has 0 aromatic heterocycles. The standard InChI is InChI=1S/C37H45F3N2O3/c1-4-36(27-34(43)45-6-3,29-13-8-7-9-14-29)23-12-24-41-25-21-31(22-26-41)42(5-2)35(44)33-16-11-10-15-32(33)28-17-19-30(20-18-28)37(38,39)40/h7-11,13-20,31H,4-6,12,21-27H2,1-3H3. The van der Waals surface area contributed by atoms with Gasteiger partial charge in [0.1, 0.15) is 0 Å². The van der Waals surface area contributed by atoms with Crippen LogP contribution in [0.2, 0.25) is 0 Å². The number of hydrogen-bond acceptors (Lipinski definition) is 4. The highest BCUT2D eigenvalue weighted by Gasteiger charge is 2.34. The number of ether oxygens (including phenoxy) is 1. The lowest BCUT2D eigenvalue weighted by molar-refractivity contribution is -0.145. The average Bonchev–Trinajstić information content (AvgIpc) is 3.05. The van der Waals surface area contributed by atoms with Gasteiger partial charge < -0.3 is 14.5 Å². The van der Waals surface area contributed by atoms with Crippen molar-refractivity contribution in [3.8, 4) is 11.1 Å². The molecular formula is C37H45F3N2O3. The van der Waals surface area contributed by atoms with Crippen molar-refractivity contribution >= 4 is 11.9 Å². The van der Waals surface area contributed by atoms with Gasteiger partial charge in [-0.3, -0.25) is 9.59 Å². The van der Waals surface area contributed by atoms with Gasteiger partial charge in [0, 0.05) is 36.7 Å². The van der Waals surface area contributed by atoms with Gasteiger partial charge in [-0.05, 0) is 87.4 Å². The van der Waals surface area contributed by atoms with Crippen molar-refractivity contribution in [1.82, 2.24) is 9.80 Å². The van der Waals surface area contributed by atoms with Gasteiger partial charge in [0.25, 0.3) is 5.91 Å². The van der Waals surface area contributed by atoms with Crippen molar-refractivity contribution < 1.29 is 27.5 Å². The van der Waals surface area contributed by atoms with Crippen LogP contribution >= 0.6 is 0 Å².